The van der Waals surface area contributed by atoms with Gasteiger partial charge in [-0.2, -0.15) is 0 Å². The van der Waals surface area contributed by atoms with E-state index in [2.05, 4.69) is 43.3 Å². The summed E-state index contributed by atoms with van der Waals surface area (Å²) < 4.78 is 0. The third-order valence-electron chi connectivity index (χ3n) is 3.92. The molecule has 1 aliphatic carbocycles. The molecule has 0 saturated carbocycles. The van der Waals surface area contributed by atoms with Gasteiger partial charge in [-0.25, -0.2) is 0 Å². The van der Waals surface area contributed by atoms with E-state index in [9.17, 15) is 4.79 Å². The van der Waals surface area contributed by atoms with E-state index in [4.69, 9.17) is 0 Å². The van der Waals surface area contributed by atoms with Gasteiger partial charge >= 0.3 is 0 Å². The van der Waals surface area contributed by atoms with Crippen molar-refractivity contribution < 1.29 is 4.79 Å². The van der Waals surface area contributed by atoms with Crippen LogP contribution in [0.2, 0.25) is 0 Å². The van der Waals surface area contributed by atoms with Crippen LogP contribution < -0.4 is 0 Å². The molecule has 1 aliphatic rings. The van der Waals surface area contributed by atoms with Crippen molar-refractivity contribution >= 4 is 5.78 Å². The van der Waals surface area contributed by atoms with E-state index < -0.39 is 0 Å². The van der Waals surface area contributed by atoms with Crippen molar-refractivity contribution in [2.75, 3.05) is 0 Å². The Morgan fingerprint density at radius 3 is 2.79 bits per heavy atom. The second kappa shape index (κ2) is 5.00. The molecule has 1 nitrogen and oxygen atoms in total. The molecule has 0 aliphatic heterocycles. The molecule has 0 N–H and O–H groups in total. The number of hydrogen-bond acceptors (Lipinski definition) is 1. The number of carbonyl (C=O) groups is 1. The lowest BCUT2D eigenvalue weighted by atomic mass is 9.75. The van der Waals surface area contributed by atoms with Gasteiger partial charge in [0.2, 0.25) is 0 Å². The first-order valence-corrected chi connectivity index (χ1v) is 6.87. The maximum Gasteiger partial charge on any atom is 0.137 e. The average Bonchev–Trinajstić information content (AvgIpc) is 2.36. The molecule has 0 amide bonds. The van der Waals surface area contributed by atoms with Crippen molar-refractivity contribution in [3.8, 4) is 0 Å². The molecule has 0 aromatic heterocycles. The summed E-state index contributed by atoms with van der Waals surface area (Å²) in [7, 11) is 0. The van der Waals surface area contributed by atoms with Crippen LogP contribution in [0.3, 0.4) is 0 Å². The van der Waals surface area contributed by atoms with E-state index in [1.54, 1.807) is 0 Å². The van der Waals surface area contributed by atoms with Crippen molar-refractivity contribution in [3.05, 3.63) is 70.8 Å². The smallest absolute Gasteiger partial charge is 0.137 e. The van der Waals surface area contributed by atoms with Crippen LogP contribution >= 0.6 is 0 Å². The summed E-state index contributed by atoms with van der Waals surface area (Å²) in [6.07, 6.45) is 2.32. The molecule has 2 aromatic carbocycles. The minimum atomic E-state index is 0.352. The zero-order valence-corrected chi connectivity index (χ0v) is 11.2. The van der Waals surface area contributed by atoms with Gasteiger partial charge in [-0.05, 0) is 36.0 Å². The van der Waals surface area contributed by atoms with Crippen LogP contribution in [0.25, 0.3) is 0 Å². The van der Waals surface area contributed by atoms with Crippen LogP contribution in [-0.2, 0) is 17.6 Å². The normalized spacial score (nSPS) is 16.6. The molecule has 0 spiro atoms. The first kappa shape index (κ1) is 12.2. The lowest BCUT2D eigenvalue weighted by Gasteiger charge is -2.29. The number of rotatable bonds is 4. The monoisotopic (exact) mass is 250 g/mol. The van der Waals surface area contributed by atoms with E-state index >= 15 is 0 Å². The maximum atomic E-state index is 12.1. The number of carbonyl (C=O) groups excluding carboxylic acids is 1. The lowest BCUT2D eigenvalue weighted by Crippen LogP contribution is -2.20. The van der Waals surface area contributed by atoms with Gasteiger partial charge in [0.15, 0.2) is 0 Å². The fourth-order valence-electron chi connectivity index (χ4n) is 2.94. The minimum absolute atomic E-state index is 0.352. The molecule has 96 valence electrons. The van der Waals surface area contributed by atoms with Crippen LogP contribution in [0.1, 0.15) is 34.6 Å². The molecule has 2 aromatic rings. The van der Waals surface area contributed by atoms with Gasteiger partial charge in [0.1, 0.15) is 5.78 Å². The molecule has 0 saturated heterocycles. The summed E-state index contributed by atoms with van der Waals surface area (Å²) in [5, 5.41) is 0. The summed E-state index contributed by atoms with van der Waals surface area (Å²) in [5.74, 6) is 0.804. The number of Topliss-reactive ketones (excluding diaryl/α,β-unsaturated/α-hetero) is 1. The summed E-state index contributed by atoms with van der Waals surface area (Å²) >= 11 is 0. The molecule has 19 heavy (non-hydrogen) atoms. The second-order valence-corrected chi connectivity index (χ2v) is 5.51. The maximum absolute atomic E-state index is 12.1. The zero-order chi connectivity index (χ0) is 13.2. The molecule has 0 heterocycles. The van der Waals surface area contributed by atoms with E-state index in [0.29, 0.717) is 24.5 Å². The predicted octanol–water partition coefficient (Wildman–Crippen LogP) is 3.84. The Kier molecular flexibility index (Phi) is 3.20. The number of hydrogen-bond donors (Lipinski definition) is 0. The van der Waals surface area contributed by atoms with Crippen LogP contribution in [0, 0.1) is 6.92 Å². The van der Waals surface area contributed by atoms with E-state index in [0.717, 1.165) is 12.0 Å². The Bertz CT molecular complexity index is 613. The van der Waals surface area contributed by atoms with Crippen LogP contribution in [0.15, 0.2) is 48.5 Å². The highest BCUT2D eigenvalue weighted by Gasteiger charge is 2.27. The van der Waals surface area contributed by atoms with Crippen LogP contribution in [0.5, 0.6) is 0 Å². The number of ketones is 1. The third kappa shape index (κ3) is 2.60. The van der Waals surface area contributed by atoms with E-state index in [1.165, 1.54) is 16.7 Å². The van der Waals surface area contributed by atoms with E-state index in [1.807, 2.05) is 12.1 Å². The molecule has 0 fully saturated rings. The van der Waals surface area contributed by atoms with Gasteiger partial charge in [0.05, 0.1) is 0 Å². The van der Waals surface area contributed by atoms with Gasteiger partial charge < -0.3 is 0 Å². The topological polar surface area (TPSA) is 17.1 Å². The Hall–Kier alpha value is -1.89. The van der Waals surface area contributed by atoms with Gasteiger partial charge in [-0.15, -0.1) is 0 Å². The standard InChI is InChI=1S/C18H18O/c1-13-5-4-6-14(9-13)10-17(19)12-16-11-15-7-2-3-8-18(15)16/h2-9,16H,10-12H2,1H3. The van der Waals surface area contributed by atoms with Crippen LogP contribution in [0.4, 0.5) is 0 Å². The Morgan fingerprint density at radius 1 is 1.16 bits per heavy atom. The second-order valence-electron chi connectivity index (χ2n) is 5.51. The van der Waals surface area contributed by atoms with Crippen molar-refractivity contribution in [1.29, 1.82) is 0 Å². The molecule has 1 heteroatoms. The molecule has 1 atom stereocenters. The first-order chi connectivity index (χ1) is 9.22. The van der Waals surface area contributed by atoms with Gasteiger partial charge in [-0.3, -0.25) is 4.79 Å². The number of benzene rings is 2. The average molecular weight is 250 g/mol. The third-order valence-corrected chi connectivity index (χ3v) is 3.92. The van der Waals surface area contributed by atoms with Crippen molar-refractivity contribution in [2.24, 2.45) is 0 Å². The van der Waals surface area contributed by atoms with Gasteiger partial charge in [-0.1, -0.05) is 54.1 Å². The molecular formula is C18H18O. The largest absolute Gasteiger partial charge is 0.299 e. The fourth-order valence-corrected chi connectivity index (χ4v) is 2.94. The molecule has 0 bridgehead atoms. The van der Waals surface area contributed by atoms with Gasteiger partial charge in [0.25, 0.3) is 0 Å². The molecule has 3 rings (SSSR count). The highest BCUT2D eigenvalue weighted by atomic mass is 16.1. The summed E-state index contributed by atoms with van der Waals surface area (Å²) in [6.45, 7) is 2.07. The van der Waals surface area contributed by atoms with Crippen LogP contribution in [-0.4, -0.2) is 5.78 Å². The molecule has 1 unspecified atom stereocenters. The summed E-state index contributed by atoms with van der Waals surface area (Å²) in [5.41, 5.74) is 5.15. The Labute approximate surface area is 114 Å². The zero-order valence-electron chi connectivity index (χ0n) is 11.2. The highest BCUT2D eigenvalue weighted by molar-refractivity contribution is 5.82. The SMILES string of the molecule is Cc1cccc(CC(=O)CC2Cc3ccccc32)c1. The predicted molar refractivity (Wildman–Crippen MR) is 77.4 cm³/mol. The molecule has 0 radical (unpaired) electrons. The quantitative estimate of drug-likeness (QED) is 0.805. The minimum Gasteiger partial charge on any atom is -0.299 e. The highest BCUT2D eigenvalue weighted by Crippen LogP contribution is 2.37. The fraction of sp³-hybridized carbons (Fsp3) is 0.278. The van der Waals surface area contributed by atoms with Crippen molar-refractivity contribution in [3.63, 3.8) is 0 Å². The van der Waals surface area contributed by atoms with Crippen molar-refractivity contribution in [2.45, 2.75) is 32.1 Å². The number of fused-ring (bicyclic) bond motifs is 1. The first-order valence-electron chi connectivity index (χ1n) is 6.87. The Balaban J connectivity index is 1.62. The number of aryl methyl sites for hydroxylation is 1. The lowest BCUT2D eigenvalue weighted by molar-refractivity contribution is -0.118. The summed E-state index contributed by atoms with van der Waals surface area (Å²) in [4.78, 5) is 12.1. The van der Waals surface area contributed by atoms with Crippen molar-refractivity contribution in [1.82, 2.24) is 0 Å². The van der Waals surface area contributed by atoms with Gasteiger partial charge in [0, 0.05) is 12.8 Å². The molecular weight excluding hydrogens is 232 g/mol. The van der Waals surface area contributed by atoms with E-state index in [-0.39, 0.29) is 0 Å². The Morgan fingerprint density at radius 2 is 2.00 bits per heavy atom. The summed E-state index contributed by atoms with van der Waals surface area (Å²) in [6, 6.07) is 16.7.